The van der Waals surface area contributed by atoms with Gasteiger partial charge in [0.05, 0.1) is 11.3 Å². The van der Waals surface area contributed by atoms with Gasteiger partial charge in [0.2, 0.25) is 0 Å². The number of amides is 1. The highest BCUT2D eigenvalue weighted by atomic mass is 19.1. The normalized spacial score (nSPS) is 19.3. The van der Waals surface area contributed by atoms with Crippen LogP contribution in [0.4, 0.5) is 27.4 Å². The molecule has 0 bridgehead atoms. The number of benzene rings is 1. The molecule has 1 saturated carbocycles. The summed E-state index contributed by atoms with van der Waals surface area (Å²) in [5.74, 6) is -1.22. The maximum atomic E-state index is 14.6. The van der Waals surface area contributed by atoms with Crippen LogP contribution in [0.1, 0.15) is 36.0 Å². The van der Waals surface area contributed by atoms with E-state index in [1.54, 1.807) is 36.6 Å². The van der Waals surface area contributed by atoms with Crippen molar-refractivity contribution >= 4 is 35.1 Å². The van der Waals surface area contributed by atoms with Crippen molar-refractivity contribution in [1.82, 2.24) is 4.98 Å². The summed E-state index contributed by atoms with van der Waals surface area (Å²) in [7, 11) is 0. The van der Waals surface area contributed by atoms with Gasteiger partial charge in [0, 0.05) is 24.0 Å². The molecule has 1 aromatic carbocycles. The Labute approximate surface area is 174 Å². The SMILES string of the molecule is NC=CC=Nc1ccc(Nc2nc(N[C@@H]3CCCC[C@@H]3N)c(F)cc2C(N)=O)cc1. The van der Waals surface area contributed by atoms with E-state index in [9.17, 15) is 9.18 Å². The molecule has 158 valence electrons. The molecule has 1 aliphatic rings. The Kier molecular flexibility index (Phi) is 6.97. The summed E-state index contributed by atoms with van der Waals surface area (Å²) in [5.41, 5.74) is 18.2. The standard InChI is InChI=1S/C21H26FN7O/c22-16-12-15(19(25)30)20(29-21(16)28-18-5-2-1-4-17(18)24)27-14-8-6-13(7-9-14)26-11-3-10-23/h3,6-12,17-18H,1-2,4-5,23-24H2,(H2,25,30)(H2,27,28,29)/t17-,18+/m0/s1. The molecule has 30 heavy (non-hydrogen) atoms. The minimum Gasteiger partial charge on any atom is -0.405 e. The zero-order valence-corrected chi connectivity index (χ0v) is 16.5. The minimum atomic E-state index is -0.778. The Balaban J connectivity index is 1.84. The second kappa shape index (κ2) is 9.84. The number of nitrogens with one attached hydrogen (secondary N) is 2. The largest absolute Gasteiger partial charge is 0.405 e. The predicted octanol–water partition coefficient (Wildman–Crippen LogP) is 2.92. The lowest BCUT2D eigenvalue weighted by molar-refractivity contribution is 0.100. The van der Waals surface area contributed by atoms with Gasteiger partial charge in [0.15, 0.2) is 11.6 Å². The van der Waals surface area contributed by atoms with E-state index in [0.717, 1.165) is 37.4 Å². The molecule has 3 rings (SSSR count). The Bertz CT molecular complexity index is 943. The number of primary amides is 1. The van der Waals surface area contributed by atoms with Crippen molar-refractivity contribution in [1.29, 1.82) is 0 Å². The van der Waals surface area contributed by atoms with E-state index in [1.165, 1.54) is 6.20 Å². The number of carbonyl (C=O) groups excluding carboxylic acids is 1. The van der Waals surface area contributed by atoms with Gasteiger partial charge in [-0.2, -0.15) is 0 Å². The first-order chi connectivity index (χ1) is 14.5. The first-order valence-electron chi connectivity index (χ1n) is 9.78. The number of nitrogens with two attached hydrogens (primary N) is 3. The lowest BCUT2D eigenvalue weighted by atomic mass is 9.91. The van der Waals surface area contributed by atoms with Crippen LogP contribution in [0.25, 0.3) is 0 Å². The first-order valence-corrected chi connectivity index (χ1v) is 9.78. The molecule has 9 heteroatoms. The molecule has 8 N–H and O–H groups in total. The van der Waals surface area contributed by atoms with Crippen molar-refractivity contribution < 1.29 is 9.18 Å². The van der Waals surface area contributed by atoms with Crippen molar-refractivity contribution in [2.45, 2.75) is 37.8 Å². The topological polar surface area (TPSA) is 144 Å². The highest BCUT2D eigenvalue weighted by Gasteiger charge is 2.24. The second-order valence-electron chi connectivity index (χ2n) is 7.11. The smallest absolute Gasteiger partial charge is 0.252 e. The Morgan fingerprint density at radius 3 is 2.60 bits per heavy atom. The molecule has 8 nitrogen and oxygen atoms in total. The Hall–Kier alpha value is -3.46. The van der Waals surface area contributed by atoms with E-state index >= 15 is 0 Å². The summed E-state index contributed by atoms with van der Waals surface area (Å²) >= 11 is 0. The lowest BCUT2D eigenvalue weighted by Crippen LogP contribution is -2.43. The van der Waals surface area contributed by atoms with Gasteiger partial charge in [-0.3, -0.25) is 9.79 Å². The second-order valence-corrected chi connectivity index (χ2v) is 7.11. The summed E-state index contributed by atoms with van der Waals surface area (Å²) in [6, 6.07) is 8.01. The van der Waals surface area contributed by atoms with E-state index in [4.69, 9.17) is 17.2 Å². The van der Waals surface area contributed by atoms with Crippen LogP contribution in [0.2, 0.25) is 0 Å². The average molecular weight is 411 g/mol. The van der Waals surface area contributed by atoms with Crippen LogP contribution in [0.5, 0.6) is 0 Å². The maximum absolute atomic E-state index is 14.6. The van der Waals surface area contributed by atoms with Crippen molar-refractivity contribution in [3.05, 3.63) is 54.0 Å². The first kappa shape index (κ1) is 21.3. The Morgan fingerprint density at radius 1 is 1.20 bits per heavy atom. The van der Waals surface area contributed by atoms with E-state index in [2.05, 4.69) is 20.6 Å². The molecule has 0 aliphatic heterocycles. The van der Waals surface area contributed by atoms with Gasteiger partial charge < -0.3 is 27.8 Å². The average Bonchev–Trinajstić information content (AvgIpc) is 2.73. The van der Waals surface area contributed by atoms with E-state index in [1.807, 2.05) is 0 Å². The fraction of sp³-hybridized carbons (Fsp3) is 0.286. The van der Waals surface area contributed by atoms with Gasteiger partial charge in [-0.25, -0.2) is 9.37 Å². The molecule has 0 spiro atoms. The van der Waals surface area contributed by atoms with Crippen LogP contribution in [-0.2, 0) is 0 Å². The summed E-state index contributed by atoms with van der Waals surface area (Å²) in [4.78, 5) is 20.3. The molecule has 1 heterocycles. The predicted molar refractivity (Wildman–Crippen MR) is 118 cm³/mol. The van der Waals surface area contributed by atoms with Crippen LogP contribution >= 0.6 is 0 Å². The van der Waals surface area contributed by atoms with Gasteiger partial charge in [0.1, 0.15) is 5.82 Å². The number of anilines is 3. The monoisotopic (exact) mass is 411 g/mol. The number of pyridine rings is 1. The molecule has 2 aromatic rings. The molecule has 1 fully saturated rings. The quantitative estimate of drug-likeness (QED) is 0.443. The van der Waals surface area contributed by atoms with E-state index in [0.29, 0.717) is 5.69 Å². The number of halogens is 1. The molecule has 1 aliphatic carbocycles. The number of carbonyl (C=O) groups is 1. The number of rotatable bonds is 7. The number of allylic oxidation sites excluding steroid dienone is 1. The van der Waals surface area contributed by atoms with Gasteiger partial charge in [-0.15, -0.1) is 0 Å². The third-order valence-corrected chi connectivity index (χ3v) is 4.93. The zero-order valence-electron chi connectivity index (χ0n) is 16.5. The molecular formula is C21H26FN7O. The van der Waals surface area contributed by atoms with Gasteiger partial charge in [0.25, 0.3) is 5.91 Å². The molecule has 0 saturated heterocycles. The van der Waals surface area contributed by atoms with Crippen LogP contribution in [0, 0.1) is 5.82 Å². The number of nitrogens with zero attached hydrogens (tertiary/aromatic N) is 2. The van der Waals surface area contributed by atoms with Crippen LogP contribution in [-0.4, -0.2) is 29.2 Å². The van der Waals surface area contributed by atoms with Gasteiger partial charge in [-0.1, -0.05) is 12.8 Å². The third kappa shape index (κ3) is 5.32. The number of aromatic nitrogens is 1. The molecule has 1 aromatic heterocycles. The maximum Gasteiger partial charge on any atom is 0.252 e. The highest BCUT2D eigenvalue weighted by Crippen LogP contribution is 2.27. The zero-order chi connectivity index (χ0) is 21.5. The van der Waals surface area contributed by atoms with Crippen molar-refractivity contribution in [3.63, 3.8) is 0 Å². The van der Waals surface area contributed by atoms with Gasteiger partial charge >= 0.3 is 0 Å². The van der Waals surface area contributed by atoms with Crippen molar-refractivity contribution in [2.75, 3.05) is 10.6 Å². The van der Waals surface area contributed by atoms with Crippen LogP contribution < -0.4 is 27.8 Å². The molecule has 0 unspecified atom stereocenters. The lowest BCUT2D eigenvalue weighted by Gasteiger charge is -2.30. The number of hydrogen-bond donors (Lipinski definition) is 5. The minimum absolute atomic E-state index is 0.0406. The molecule has 1 amide bonds. The summed E-state index contributed by atoms with van der Waals surface area (Å²) in [6.07, 6.45) is 8.36. The fourth-order valence-electron chi connectivity index (χ4n) is 3.33. The van der Waals surface area contributed by atoms with Crippen LogP contribution in [0.3, 0.4) is 0 Å². The third-order valence-electron chi connectivity index (χ3n) is 4.93. The number of hydrogen-bond acceptors (Lipinski definition) is 7. The number of aliphatic imine (C=N–C) groups is 1. The van der Waals surface area contributed by atoms with Crippen LogP contribution in [0.15, 0.2) is 47.6 Å². The van der Waals surface area contributed by atoms with Gasteiger partial charge in [-0.05, 0) is 55.4 Å². The van der Waals surface area contributed by atoms with Crippen molar-refractivity contribution in [3.8, 4) is 0 Å². The summed E-state index contributed by atoms with van der Waals surface area (Å²) < 4.78 is 14.6. The van der Waals surface area contributed by atoms with E-state index < -0.39 is 11.7 Å². The van der Waals surface area contributed by atoms with E-state index in [-0.39, 0.29) is 29.3 Å². The molecular weight excluding hydrogens is 385 g/mol. The highest BCUT2D eigenvalue weighted by molar-refractivity contribution is 5.98. The summed E-state index contributed by atoms with van der Waals surface area (Å²) in [6.45, 7) is 0. The Morgan fingerprint density at radius 2 is 1.93 bits per heavy atom. The fourth-order valence-corrected chi connectivity index (χ4v) is 3.33. The summed E-state index contributed by atoms with van der Waals surface area (Å²) in [5, 5.41) is 6.12. The van der Waals surface area contributed by atoms with Crippen molar-refractivity contribution in [2.24, 2.45) is 22.2 Å². The molecule has 0 radical (unpaired) electrons. The molecule has 2 atom stereocenters.